The van der Waals surface area contributed by atoms with Gasteiger partial charge >= 0.3 is 0 Å². The van der Waals surface area contributed by atoms with Crippen LogP contribution in [0.4, 0.5) is 0 Å². The summed E-state index contributed by atoms with van der Waals surface area (Å²) in [4.78, 5) is 13.4. The molecule has 5 aromatic rings. The van der Waals surface area contributed by atoms with E-state index in [4.69, 9.17) is 4.98 Å². The molecule has 118 valence electrons. The molecule has 0 saturated heterocycles. The molecule has 1 aliphatic heterocycles. The first kappa shape index (κ1) is 12.8. The van der Waals surface area contributed by atoms with Crippen LogP contribution in [0.5, 0.6) is 0 Å². The smallest absolute Gasteiger partial charge is 0.264 e. The van der Waals surface area contributed by atoms with E-state index in [1.807, 2.05) is 24.7 Å². The fraction of sp³-hybridized carbons (Fsp3) is 0.0526. The number of hydrogen-bond acceptors (Lipinski definition) is 3. The topological polar surface area (TPSA) is 51.9 Å². The lowest BCUT2D eigenvalue weighted by molar-refractivity contribution is -0.648. The zero-order chi connectivity index (χ0) is 16.4. The molecule has 6 rings (SSSR count). The molecule has 1 aromatic carbocycles. The number of nitrogens with zero attached hydrogens (tertiary/aromatic N) is 6. The van der Waals surface area contributed by atoms with Crippen LogP contribution in [0.15, 0.2) is 67.4 Å². The summed E-state index contributed by atoms with van der Waals surface area (Å²) in [6, 6.07) is 12.4. The van der Waals surface area contributed by atoms with E-state index < -0.39 is 0 Å². The van der Waals surface area contributed by atoms with Crippen molar-refractivity contribution in [2.75, 3.05) is 0 Å². The summed E-state index contributed by atoms with van der Waals surface area (Å²) < 4.78 is 6.65. The highest BCUT2D eigenvalue weighted by atomic mass is 15.3. The molecule has 0 aliphatic carbocycles. The maximum Gasteiger partial charge on any atom is 0.295 e. The quantitative estimate of drug-likeness (QED) is 0.436. The molecule has 25 heavy (non-hydrogen) atoms. The van der Waals surface area contributed by atoms with Gasteiger partial charge in [-0.2, -0.15) is 4.98 Å². The third-order valence-corrected chi connectivity index (χ3v) is 4.81. The summed E-state index contributed by atoms with van der Waals surface area (Å²) in [6.07, 6.45) is 9.36. The Bertz CT molecular complexity index is 1270. The number of fused-ring (bicyclic) bond motifs is 7. The van der Waals surface area contributed by atoms with Crippen molar-refractivity contribution in [2.24, 2.45) is 0 Å². The average Bonchev–Trinajstić information content (AvgIpc) is 3.29. The van der Waals surface area contributed by atoms with Crippen molar-refractivity contribution < 1.29 is 4.57 Å². The molecule has 0 amide bonds. The fourth-order valence-electron chi connectivity index (χ4n) is 3.78. The highest BCUT2D eigenvalue weighted by molar-refractivity contribution is 5.79. The SMILES string of the molecule is c1ccc(-n2c3[n+](c4c2nc2cnccn24)Cc2cnccc2-3)cc1. The maximum atomic E-state index is 4.85. The molecule has 6 heteroatoms. The summed E-state index contributed by atoms with van der Waals surface area (Å²) in [6.45, 7) is 0.797. The standard InChI is InChI=1S/C19H13N6/c1-2-4-14(5-3-1)25-17-19(23-9-8-21-11-16(23)22-17)24-12-13-10-20-7-6-15(13)18(24)25/h1-11H,12H2/q+1. The zero-order valence-corrected chi connectivity index (χ0v) is 13.2. The average molecular weight is 325 g/mol. The van der Waals surface area contributed by atoms with E-state index in [-0.39, 0.29) is 0 Å². The number of hydrogen-bond donors (Lipinski definition) is 0. The molecule has 0 N–H and O–H groups in total. The zero-order valence-electron chi connectivity index (χ0n) is 13.2. The maximum absolute atomic E-state index is 4.85. The minimum atomic E-state index is 0.797. The Morgan fingerprint density at radius 2 is 1.84 bits per heavy atom. The molecule has 0 spiro atoms. The molecule has 0 atom stereocenters. The molecular formula is C19H13N6+. The van der Waals surface area contributed by atoms with Crippen molar-refractivity contribution >= 4 is 16.9 Å². The van der Waals surface area contributed by atoms with Crippen LogP contribution in [-0.2, 0) is 6.54 Å². The van der Waals surface area contributed by atoms with E-state index in [2.05, 4.69) is 53.8 Å². The van der Waals surface area contributed by atoms with Crippen molar-refractivity contribution in [3.8, 4) is 17.1 Å². The van der Waals surface area contributed by atoms with Gasteiger partial charge in [0.15, 0.2) is 0 Å². The number of imidazole rings is 2. The van der Waals surface area contributed by atoms with Gasteiger partial charge in [0.1, 0.15) is 5.69 Å². The van der Waals surface area contributed by atoms with E-state index >= 15 is 0 Å². The lowest BCUT2D eigenvalue weighted by Crippen LogP contribution is -2.32. The van der Waals surface area contributed by atoms with Gasteiger partial charge in [0.25, 0.3) is 11.3 Å². The Kier molecular flexibility index (Phi) is 2.31. The van der Waals surface area contributed by atoms with Crippen LogP contribution >= 0.6 is 0 Å². The molecular weight excluding hydrogens is 312 g/mol. The molecule has 0 unspecified atom stereocenters. The second-order valence-corrected chi connectivity index (χ2v) is 6.18. The summed E-state index contributed by atoms with van der Waals surface area (Å²) in [7, 11) is 0. The Hall–Kier alpha value is -3.54. The molecule has 1 aliphatic rings. The Labute approximate surface area is 142 Å². The molecule has 4 aromatic heterocycles. The van der Waals surface area contributed by atoms with Crippen LogP contribution in [0.25, 0.3) is 34.0 Å². The lowest BCUT2D eigenvalue weighted by Gasteiger charge is -2.02. The second kappa shape index (κ2) is 4.51. The van der Waals surface area contributed by atoms with Crippen molar-refractivity contribution in [3.63, 3.8) is 0 Å². The van der Waals surface area contributed by atoms with Gasteiger partial charge in [0.05, 0.1) is 30.7 Å². The molecule has 6 nitrogen and oxygen atoms in total. The third-order valence-electron chi connectivity index (χ3n) is 4.81. The minimum absolute atomic E-state index is 0.797. The predicted molar refractivity (Wildman–Crippen MR) is 92.3 cm³/mol. The fourth-order valence-corrected chi connectivity index (χ4v) is 3.78. The first-order valence-electron chi connectivity index (χ1n) is 8.17. The van der Waals surface area contributed by atoms with Crippen molar-refractivity contribution in [2.45, 2.75) is 6.54 Å². The van der Waals surface area contributed by atoms with Gasteiger partial charge < -0.3 is 0 Å². The van der Waals surface area contributed by atoms with E-state index in [1.165, 1.54) is 11.1 Å². The Morgan fingerprint density at radius 1 is 0.960 bits per heavy atom. The highest BCUT2D eigenvalue weighted by Gasteiger charge is 2.36. The first-order valence-corrected chi connectivity index (χ1v) is 8.17. The largest absolute Gasteiger partial charge is 0.295 e. The van der Waals surface area contributed by atoms with Gasteiger partial charge in [-0.15, -0.1) is 0 Å². The molecule has 0 bridgehead atoms. The summed E-state index contributed by atoms with van der Waals surface area (Å²) >= 11 is 0. The molecule has 0 saturated carbocycles. The number of benzene rings is 1. The van der Waals surface area contributed by atoms with Gasteiger partial charge in [-0.25, -0.2) is 13.5 Å². The summed E-state index contributed by atoms with van der Waals surface area (Å²) in [5.41, 5.74) is 6.40. The van der Waals surface area contributed by atoms with Gasteiger partial charge in [-0.05, 0) is 18.2 Å². The number of para-hydroxylation sites is 1. The third kappa shape index (κ3) is 1.58. The molecule has 0 radical (unpaired) electrons. The van der Waals surface area contributed by atoms with Crippen LogP contribution in [0.2, 0.25) is 0 Å². The Balaban J connectivity index is 1.83. The van der Waals surface area contributed by atoms with Crippen LogP contribution in [0, 0.1) is 0 Å². The van der Waals surface area contributed by atoms with Crippen molar-refractivity contribution in [3.05, 3.63) is 72.9 Å². The van der Waals surface area contributed by atoms with E-state index in [0.29, 0.717) is 0 Å². The Morgan fingerprint density at radius 3 is 2.76 bits per heavy atom. The first-order chi connectivity index (χ1) is 12.4. The monoisotopic (exact) mass is 325 g/mol. The van der Waals surface area contributed by atoms with Crippen LogP contribution in [0.3, 0.4) is 0 Å². The summed E-state index contributed by atoms with van der Waals surface area (Å²) in [5, 5.41) is 0. The van der Waals surface area contributed by atoms with Crippen LogP contribution in [0.1, 0.15) is 5.56 Å². The van der Waals surface area contributed by atoms with Crippen molar-refractivity contribution in [1.82, 2.24) is 23.9 Å². The minimum Gasteiger partial charge on any atom is -0.264 e. The van der Waals surface area contributed by atoms with E-state index in [0.717, 1.165) is 35.0 Å². The predicted octanol–water partition coefficient (Wildman–Crippen LogP) is 2.38. The summed E-state index contributed by atoms with van der Waals surface area (Å²) in [5.74, 6) is 1.15. The highest BCUT2D eigenvalue weighted by Crippen LogP contribution is 2.33. The van der Waals surface area contributed by atoms with Crippen LogP contribution < -0.4 is 4.57 Å². The number of pyridine rings is 1. The van der Waals surface area contributed by atoms with E-state index in [1.54, 1.807) is 12.4 Å². The molecule has 5 heterocycles. The van der Waals surface area contributed by atoms with Crippen molar-refractivity contribution in [1.29, 1.82) is 0 Å². The van der Waals surface area contributed by atoms with Gasteiger partial charge in [0.2, 0.25) is 11.5 Å². The van der Waals surface area contributed by atoms with Gasteiger partial charge in [0, 0.05) is 18.0 Å². The lowest BCUT2D eigenvalue weighted by atomic mass is 10.1. The van der Waals surface area contributed by atoms with Gasteiger partial charge in [-0.1, -0.05) is 18.2 Å². The second-order valence-electron chi connectivity index (χ2n) is 6.18. The van der Waals surface area contributed by atoms with Gasteiger partial charge in [-0.3, -0.25) is 9.97 Å². The van der Waals surface area contributed by atoms with Crippen LogP contribution in [-0.4, -0.2) is 23.9 Å². The number of rotatable bonds is 1. The normalized spacial score (nSPS) is 12.6. The molecule has 0 fully saturated rings. The number of aromatic nitrogens is 6. The van der Waals surface area contributed by atoms with E-state index in [9.17, 15) is 0 Å².